The average Bonchev–Trinajstić information content (AvgIpc) is 3.04. The molecule has 0 heterocycles. The fraction of sp³-hybridized carbons (Fsp3) is 0.325. The molecule has 4 unspecified atom stereocenters. The number of rotatable bonds is 10. The zero-order valence-electron chi connectivity index (χ0n) is 28.4. The molecule has 0 bridgehead atoms. The molecule has 1 saturated carbocycles. The van der Waals surface area contributed by atoms with E-state index in [4.69, 9.17) is 9.47 Å². The van der Waals surface area contributed by atoms with Crippen LogP contribution in [0, 0.1) is 39.5 Å². The third-order valence-corrected chi connectivity index (χ3v) is 9.20. The quantitative estimate of drug-likeness (QED) is 0.162. The molecule has 1 fully saturated rings. The van der Waals surface area contributed by atoms with Crippen LogP contribution < -0.4 is 20.1 Å². The van der Waals surface area contributed by atoms with Crippen LogP contribution in [0.5, 0.6) is 11.5 Å². The highest BCUT2D eigenvalue weighted by Gasteiger charge is 2.56. The first-order valence-corrected chi connectivity index (χ1v) is 16.2. The van der Waals surface area contributed by atoms with Crippen LogP contribution >= 0.6 is 0 Å². The van der Waals surface area contributed by atoms with Gasteiger partial charge in [-0.3, -0.25) is 14.4 Å². The number of Topliss-reactive ketones (excluding diaryl/α,β-unsaturated/α-hetero) is 1. The first kappa shape index (κ1) is 34.4. The van der Waals surface area contributed by atoms with Gasteiger partial charge in [-0.05, 0) is 92.3 Å². The summed E-state index contributed by atoms with van der Waals surface area (Å²) in [5.41, 5.74) is 4.65. The van der Waals surface area contributed by atoms with Crippen molar-refractivity contribution in [1.29, 1.82) is 0 Å². The molecule has 8 heteroatoms. The summed E-state index contributed by atoms with van der Waals surface area (Å²) in [4.78, 5) is 42.3. The second-order valence-electron chi connectivity index (χ2n) is 13.1. The number of hydrogen-bond acceptors (Lipinski definition) is 6. The first-order chi connectivity index (χ1) is 22.9. The number of nitrogens with one attached hydrogen (secondary N) is 2. The number of carbonyl (C=O) groups excluding carboxylic acids is 3. The third-order valence-electron chi connectivity index (χ3n) is 9.20. The molecule has 2 amide bonds. The van der Waals surface area contributed by atoms with Gasteiger partial charge in [-0.25, -0.2) is 0 Å². The van der Waals surface area contributed by atoms with Gasteiger partial charge in [0.25, 0.3) is 0 Å². The molecule has 1 aliphatic carbocycles. The van der Waals surface area contributed by atoms with Crippen molar-refractivity contribution in [1.82, 2.24) is 0 Å². The van der Waals surface area contributed by atoms with Crippen molar-refractivity contribution in [3.8, 4) is 11.5 Å². The number of methoxy groups -OCH3 is 1. The van der Waals surface area contributed by atoms with E-state index in [9.17, 15) is 19.5 Å². The molecule has 5 rings (SSSR count). The molecule has 48 heavy (non-hydrogen) atoms. The summed E-state index contributed by atoms with van der Waals surface area (Å²) in [6, 6.07) is 26.6. The smallest absolute Gasteiger partial charge is 0.235 e. The van der Waals surface area contributed by atoms with Crippen molar-refractivity contribution in [2.75, 3.05) is 24.4 Å². The molecular formula is C40H44N2O6. The van der Waals surface area contributed by atoms with Gasteiger partial charge in [0, 0.05) is 30.1 Å². The summed E-state index contributed by atoms with van der Waals surface area (Å²) < 4.78 is 11.8. The zero-order chi connectivity index (χ0) is 34.6. The van der Waals surface area contributed by atoms with Crippen molar-refractivity contribution < 1.29 is 29.0 Å². The first-order valence-electron chi connectivity index (χ1n) is 16.2. The van der Waals surface area contributed by atoms with Crippen molar-refractivity contribution in [2.24, 2.45) is 11.8 Å². The van der Waals surface area contributed by atoms with Crippen molar-refractivity contribution in [3.05, 3.63) is 118 Å². The van der Waals surface area contributed by atoms with Gasteiger partial charge in [0.05, 0.1) is 25.2 Å². The maximum atomic E-state index is 14.3. The van der Waals surface area contributed by atoms with Gasteiger partial charge in [-0.2, -0.15) is 0 Å². The molecular weight excluding hydrogens is 604 g/mol. The number of hydrogen-bond donors (Lipinski definition) is 3. The van der Waals surface area contributed by atoms with E-state index in [1.807, 2.05) is 94.4 Å². The Balaban J connectivity index is 1.55. The highest BCUT2D eigenvalue weighted by atomic mass is 16.5. The number of anilines is 2. The molecule has 0 spiro atoms. The number of benzene rings is 4. The normalized spacial score (nSPS) is 20.6. The monoisotopic (exact) mass is 648 g/mol. The SMILES string of the molecule is COc1cc(C2C(C(=O)Nc3cc(C)ccc3C)C(=O)CC(C)(O)C2C(=O)Nc2cc(C)ccc2C)ccc1OCCc1ccccc1. The van der Waals surface area contributed by atoms with Crippen LogP contribution in [0.15, 0.2) is 84.9 Å². The molecule has 4 atom stereocenters. The lowest BCUT2D eigenvalue weighted by Gasteiger charge is -2.44. The molecule has 0 aliphatic heterocycles. The minimum atomic E-state index is -1.75. The molecule has 0 aromatic heterocycles. The van der Waals surface area contributed by atoms with Crippen LogP contribution in [0.3, 0.4) is 0 Å². The van der Waals surface area contributed by atoms with Crippen LogP contribution in [0.4, 0.5) is 11.4 Å². The van der Waals surface area contributed by atoms with E-state index in [1.54, 1.807) is 18.2 Å². The topological polar surface area (TPSA) is 114 Å². The van der Waals surface area contributed by atoms with E-state index in [1.165, 1.54) is 14.0 Å². The largest absolute Gasteiger partial charge is 0.493 e. The van der Waals surface area contributed by atoms with E-state index in [0.29, 0.717) is 41.5 Å². The summed E-state index contributed by atoms with van der Waals surface area (Å²) in [6.45, 7) is 9.50. The number of aryl methyl sites for hydroxylation is 4. The molecule has 3 N–H and O–H groups in total. The third kappa shape index (κ3) is 7.60. The molecule has 1 aliphatic rings. The second kappa shape index (κ2) is 14.4. The summed E-state index contributed by atoms with van der Waals surface area (Å²) in [5, 5.41) is 17.8. The summed E-state index contributed by atoms with van der Waals surface area (Å²) in [5.74, 6) is -4.07. The van der Waals surface area contributed by atoms with Gasteiger partial charge in [-0.15, -0.1) is 0 Å². The maximum Gasteiger partial charge on any atom is 0.235 e. The summed E-state index contributed by atoms with van der Waals surface area (Å²) in [6.07, 6.45) is 0.323. The van der Waals surface area contributed by atoms with Crippen LogP contribution in [0.1, 0.15) is 52.6 Å². The fourth-order valence-corrected chi connectivity index (χ4v) is 6.59. The van der Waals surface area contributed by atoms with Crippen molar-refractivity contribution >= 4 is 29.0 Å². The Bertz CT molecular complexity index is 1820. The van der Waals surface area contributed by atoms with Crippen molar-refractivity contribution in [2.45, 2.75) is 59.0 Å². The van der Waals surface area contributed by atoms with Gasteiger partial charge in [0.2, 0.25) is 11.8 Å². The number of amides is 2. The second-order valence-corrected chi connectivity index (χ2v) is 13.1. The Morgan fingerprint density at radius 2 is 1.42 bits per heavy atom. The summed E-state index contributed by atoms with van der Waals surface area (Å²) in [7, 11) is 1.51. The van der Waals surface area contributed by atoms with Gasteiger partial charge >= 0.3 is 0 Å². The molecule has 0 radical (unpaired) electrons. The van der Waals surface area contributed by atoms with Gasteiger partial charge < -0.3 is 25.2 Å². The number of carbonyl (C=O) groups is 3. The Hall–Kier alpha value is -4.95. The van der Waals surface area contributed by atoms with Crippen molar-refractivity contribution in [3.63, 3.8) is 0 Å². The molecule has 250 valence electrons. The van der Waals surface area contributed by atoms with E-state index in [2.05, 4.69) is 10.6 Å². The van der Waals surface area contributed by atoms with Crippen LogP contribution in [-0.2, 0) is 20.8 Å². The molecule has 4 aromatic rings. The number of aliphatic hydroxyl groups is 1. The minimum absolute atomic E-state index is 0.364. The maximum absolute atomic E-state index is 14.3. The highest BCUT2D eigenvalue weighted by molar-refractivity contribution is 6.10. The van der Waals surface area contributed by atoms with Gasteiger partial charge in [0.1, 0.15) is 11.7 Å². The molecule has 4 aromatic carbocycles. The Morgan fingerprint density at radius 3 is 2.02 bits per heavy atom. The fourth-order valence-electron chi connectivity index (χ4n) is 6.59. The predicted molar refractivity (Wildman–Crippen MR) is 188 cm³/mol. The number of ketones is 1. The van der Waals surface area contributed by atoms with Crippen LogP contribution in [0.2, 0.25) is 0 Å². The number of ether oxygens (including phenoxy) is 2. The lowest BCUT2D eigenvalue weighted by atomic mass is 9.61. The Labute approximate surface area is 282 Å². The predicted octanol–water partition coefficient (Wildman–Crippen LogP) is 6.87. The van der Waals surface area contributed by atoms with E-state index < -0.39 is 41.0 Å². The average molecular weight is 649 g/mol. The summed E-state index contributed by atoms with van der Waals surface area (Å²) >= 11 is 0. The Kier molecular flexibility index (Phi) is 10.3. The standard InChI is InChI=1S/C40H44N2O6/c1-24-12-14-26(3)30(20-24)41-38(44)36-32(43)23-40(5,46)37(39(45)42-31-21-25(2)13-15-27(31)4)35(36)29-16-17-33(34(22-29)47-6)48-19-18-28-10-8-7-9-11-28/h7-17,20-22,35-37,46H,18-19,23H2,1-6H3,(H,41,44)(H,42,45). The lowest BCUT2D eigenvalue weighted by molar-refractivity contribution is -0.150. The van der Waals surface area contributed by atoms with Gasteiger partial charge in [0.15, 0.2) is 11.5 Å². The van der Waals surface area contributed by atoms with Gasteiger partial charge in [-0.1, -0.05) is 60.7 Å². The molecule has 0 saturated heterocycles. The minimum Gasteiger partial charge on any atom is -0.493 e. The van der Waals surface area contributed by atoms with Crippen LogP contribution in [0.25, 0.3) is 0 Å². The molecule has 8 nitrogen and oxygen atoms in total. The van der Waals surface area contributed by atoms with E-state index in [0.717, 1.165) is 27.8 Å². The van der Waals surface area contributed by atoms with Crippen LogP contribution in [-0.4, -0.2) is 42.0 Å². The zero-order valence-corrected chi connectivity index (χ0v) is 28.4. The highest BCUT2D eigenvalue weighted by Crippen LogP contribution is 2.48. The van der Waals surface area contributed by atoms with E-state index in [-0.39, 0.29) is 6.42 Å². The Morgan fingerprint density at radius 1 is 0.812 bits per heavy atom. The lowest BCUT2D eigenvalue weighted by Crippen LogP contribution is -2.56. The van der Waals surface area contributed by atoms with E-state index >= 15 is 0 Å².